The van der Waals surface area contributed by atoms with Crippen molar-refractivity contribution >= 4 is 59.9 Å². The number of rotatable bonds is 6. The van der Waals surface area contributed by atoms with Crippen molar-refractivity contribution in [1.29, 1.82) is 0 Å². The van der Waals surface area contributed by atoms with E-state index in [1.165, 1.54) is 49.1 Å². The van der Waals surface area contributed by atoms with Gasteiger partial charge < -0.3 is 4.18 Å². The zero-order valence-corrected chi connectivity index (χ0v) is 18.7. The average molecular weight is 478 g/mol. The molecule has 1 aliphatic heterocycles. The van der Waals surface area contributed by atoms with Gasteiger partial charge >= 0.3 is 10.1 Å². The third kappa shape index (κ3) is 4.31. The van der Waals surface area contributed by atoms with Crippen LogP contribution in [0.3, 0.4) is 0 Å². The summed E-state index contributed by atoms with van der Waals surface area (Å²) in [4.78, 5) is 30.6. The summed E-state index contributed by atoms with van der Waals surface area (Å²) >= 11 is 2.79. The Hall–Kier alpha value is -2.83. The Balaban J connectivity index is 1.61. The molecule has 0 amide bonds. The van der Waals surface area contributed by atoms with E-state index in [-0.39, 0.29) is 33.7 Å². The molecule has 31 heavy (non-hydrogen) atoms. The van der Waals surface area contributed by atoms with E-state index in [1.807, 2.05) is 0 Å². The molecule has 1 atom stereocenters. The molecule has 3 aromatic rings. The maximum absolute atomic E-state index is 12.7. The number of aryl methyl sites for hydroxylation is 1. The Morgan fingerprint density at radius 2 is 2.03 bits per heavy atom. The molecule has 1 aliphatic rings. The van der Waals surface area contributed by atoms with Crippen LogP contribution in [0.15, 0.2) is 46.3 Å². The van der Waals surface area contributed by atoms with Gasteiger partial charge in [0.1, 0.15) is 26.7 Å². The SMILES string of the molecule is CC(=O)C1CSC(c2nc3ccc(OS(=O)(=O)c4ccc([N+](=O)[O-])cc4C)cc3s2)=N1. The molecule has 0 bridgehead atoms. The molecular formula is C19H15N3O6S3. The zero-order chi connectivity index (χ0) is 22.3. The number of hydrogen-bond acceptors (Lipinski definition) is 10. The molecule has 1 aromatic heterocycles. The third-order valence-corrected chi connectivity index (χ3v) is 8.13. The average Bonchev–Trinajstić information content (AvgIpc) is 3.34. The highest BCUT2D eigenvalue weighted by atomic mass is 32.2. The molecule has 2 heterocycles. The van der Waals surface area contributed by atoms with Crippen molar-refractivity contribution in [1.82, 2.24) is 4.98 Å². The lowest BCUT2D eigenvalue weighted by Gasteiger charge is -2.09. The molecular weight excluding hydrogens is 462 g/mol. The van der Waals surface area contributed by atoms with E-state index in [2.05, 4.69) is 9.98 Å². The fraction of sp³-hybridized carbons (Fsp3) is 0.211. The smallest absolute Gasteiger partial charge is 0.339 e. The number of nitro benzene ring substituents is 1. The highest BCUT2D eigenvalue weighted by molar-refractivity contribution is 8.15. The van der Waals surface area contributed by atoms with Crippen LogP contribution in [0.5, 0.6) is 5.75 Å². The summed E-state index contributed by atoms with van der Waals surface area (Å²) in [7, 11) is -4.18. The summed E-state index contributed by atoms with van der Waals surface area (Å²) in [6, 6.07) is 7.81. The number of aliphatic imine (C=N–C) groups is 1. The van der Waals surface area contributed by atoms with Crippen molar-refractivity contribution in [2.75, 3.05) is 5.75 Å². The monoisotopic (exact) mass is 477 g/mol. The van der Waals surface area contributed by atoms with Gasteiger partial charge in [-0.25, -0.2) is 4.98 Å². The van der Waals surface area contributed by atoms with E-state index in [4.69, 9.17) is 4.18 Å². The van der Waals surface area contributed by atoms with Gasteiger partial charge in [0.25, 0.3) is 5.69 Å². The van der Waals surface area contributed by atoms with Crippen molar-refractivity contribution in [3.8, 4) is 5.75 Å². The molecule has 0 N–H and O–H groups in total. The molecule has 0 spiro atoms. The number of carbonyl (C=O) groups excluding carboxylic acids is 1. The van der Waals surface area contributed by atoms with E-state index in [9.17, 15) is 23.3 Å². The summed E-state index contributed by atoms with van der Waals surface area (Å²) in [5.74, 6) is 0.691. The summed E-state index contributed by atoms with van der Waals surface area (Å²) in [5.41, 5.74) is 0.673. The number of Topliss-reactive ketones (excluding diaryl/α,β-unsaturated/α-hetero) is 1. The molecule has 2 aromatic carbocycles. The lowest BCUT2D eigenvalue weighted by molar-refractivity contribution is -0.385. The second-order valence-electron chi connectivity index (χ2n) is 6.76. The van der Waals surface area contributed by atoms with Crippen LogP contribution < -0.4 is 4.18 Å². The second kappa shape index (κ2) is 8.02. The molecule has 12 heteroatoms. The predicted octanol–water partition coefficient (Wildman–Crippen LogP) is 3.73. The molecule has 1 unspecified atom stereocenters. The number of thioether (sulfide) groups is 1. The van der Waals surface area contributed by atoms with Crippen molar-refractivity contribution < 1.29 is 22.3 Å². The van der Waals surface area contributed by atoms with Crippen LogP contribution in [-0.4, -0.2) is 40.9 Å². The van der Waals surface area contributed by atoms with Crippen molar-refractivity contribution in [3.05, 3.63) is 57.1 Å². The lowest BCUT2D eigenvalue weighted by atomic mass is 10.2. The number of aromatic nitrogens is 1. The minimum atomic E-state index is -4.18. The minimum absolute atomic E-state index is 0.00559. The fourth-order valence-corrected chi connectivity index (χ4v) is 6.26. The number of nitro groups is 1. The van der Waals surface area contributed by atoms with Gasteiger partial charge in [-0.15, -0.1) is 23.1 Å². The Morgan fingerprint density at radius 1 is 1.26 bits per heavy atom. The van der Waals surface area contributed by atoms with Crippen LogP contribution in [0.25, 0.3) is 10.2 Å². The van der Waals surface area contributed by atoms with Crippen LogP contribution in [-0.2, 0) is 14.9 Å². The maximum Gasteiger partial charge on any atom is 0.339 e. The fourth-order valence-electron chi connectivity index (χ4n) is 2.95. The van der Waals surface area contributed by atoms with E-state index in [0.29, 0.717) is 26.0 Å². The number of nitrogens with zero attached hydrogens (tertiary/aromatic N) is 3. The van der Waals surface area contributed by atoms with Gasteiger partial charge in [-0.1, -0.05) is 0 Å². The van der Waals surface area contributed by atoms with Crippen LogP contribution in [0.1, 0.15) is 17.5 Å². The first-order valence-electron chi connectivity index (χ1n) is 8.95. The number of benzene rings is 2. The Kier molecular flexibility index (Phi) is 5.54. The minimum Gasteiger partial charge on any atom is -0.379 e. The van der Waals surface area contributed by atoms with Crippen LogP contribution in [0, 0.1) is 17.0 Å². The highest BCUT2D eigenvalue weighted by Gasteiger charge is 2.25. The number of thiazole rings is 1. The summed E-state index contributed by atoms with van der Waals surface area (Å²) in [6.07, 6.45) is 0. The van der Waals surface area contributed by atoms with Crippen LogP contribution in [0.2, 0.25) is 0 Å². The quantitative estimate of drug-likeness (QED) is 0.298. The molecule has 0 fully saturated rings. The molecule has 0 saturated carbocycles. The number of fused-ring (bicyclic) bond motifs is 1. The Bertz CT molecular complexity index is 1360. The molecule has 160 valence electrons. The van der Waals surface area contributed by atoms with Gasteiger partial charge in [-0.2, -0.15) is 8.42 Å². The van der Waals surface area contributed by atoms with Crippen molar-refractivity contribution in [3.63, 3.8) is 0 Å². The number of non-ortho nitro benzene ring substituents is 1. The third-order valence-electron chi connectivity index (χ3n) is 4.51. The van der Waals surface area contributed by atoms with Gasteiger partial charge in [0, 0.05) is 24.0 Å². The van der Waals surface area contributed by atoms with Gasteiger partial charge in [-0.3, -0.25) is 19.9 Å². The first-order chi connectivity index (χ1) is 14.6. The highest BCUT2D eigenvalue weighted by Crippen LogP contribution is 2.33. The van der Waals surface area contributed by atoms with E-state index < -0.39 is 15.0 Å². The molecule has 4 rings (SSSR count). The van der Waals surface area contributed by atoms with Gasteiger partial charge in [0.15, 0.2) is 5.78 Å². The number of carbonyl (C=O) groups is 1. The molecule has 0 aliphatic carbocycles. The standard InChI is InChI=1S/C19H15N3O6S3/c1-10-7-12(22(24)25)3-6-17(10)31(26,27)28-13-4-5-14-16(8-13)30-19(20-14)18-21-15(9-29-18)11(2)23/h3-8,15H,9H2,1-2H3. The predicted molar refractivity (Wildman–Crippen MR) is 119 cm³/mol. The van der Waals surface area contributed by atoms with Crippen LogP contribution in [0.4, 0.5) is 5.69 Å². The number of hydrogen-bond donors (Lipinski definition) is 0. The number of ketones is 1. The van der Waals surface area contributed by atoms with Crippen molar-refractivity contribution in [2.24, 2.45) is 4.99 Å². The zero-order valence-electron chi connectivity index (χ0n) is 16.3. The largest absolute Gasteiger partial charge is 0.379 e. The summed E-state index contributed by atoms with van der Waals surface area (Å²) in [5, 5.41) is 12.2. The summed E-state index contributed by atoms with van der Waals surface area (Å²) in [6.45, 7) is 2.98. The van der Waals surface area contributed by atoms with Crippen molar-refractivity contribution in [2.45, 2.75) is 24.8 Å². The second-order valence-corrected chi connectivity index (χ2v) is 10.3. The van der Waals surface area contributed by atoms with E-state index in [1.54, 1.807) is 12.1 Å². The Morgan fingerprint density at radius 3 is 2.68 bits per heavy atom. The Labute approximate surface area is 185 Å². The van der Waals surface area contributed by atoms with E-state index >= 15 is 0 Å². The first kappa shape index (κ1) is 21.4. The molecule has 0 saturated heterocycles. The molecule has 9 nitrogen and oxygen atoms in total. The summed E-state index contributed by atoms with van der Waals surface area (Å²) < 4.78 is 31.4. The van der Waals surface area contributed by atoms with Gasteiger partial charge in [-0.05, 0) is 37.6 Å². The lowest BCUT2D eigenvalue weighted by Crippen LogP contribution is -2.14. The normalized spacial score (nSPS) is 16.3. The maximum atomic E-state index is 12.7. The molecule has 0 radical (unpaired) electrons. The van der Waals surface area contributed by atoms with Gasteiger partial charge in [0.2, 0.25) is 0 Å². The van der Waals surface area contributed by atoms with Gasteiger partial charge in [0.05, 0.1) is 15.1 Å². The van der Waals surface area contributed by atoms with Crippen LogP contribution >= 0.6 is 23.1 Å². The first-order valence-corrected chi connectivity index (χ1v) is 12.2. The van der Waals surface area contributed by atoms with E-state index in [0.717, 1.165) is 12.1 Å². The topological polar surface area (TPSA) is 129 Å².